The third kappa shape index (κ3) is 5.11. The first-order valence-corrected chi connectivity index (χ1v) is 6.87. The summed E-state index contributed by atoms with van der Waals surface area (Å²) in [5, 5.41) is 7.86. The minimum Gasteiger partial charge on any atom is -0.487 e. The van der Waals surface area contributed by atoms with Gasteiger partial charge in [0.2, 0.25) is 0 Å². The van der Waals surface area contributed by atoms with Gasteiger partial charge in [0.05, 0.1) is 5.69 Å². The van der Waals surface area contributed by atoms with E-state index in [1.54, 1.807) is 29.6 Å². The summed E-state index contributed by atoms with van der Waals surface area (Å²) in [7, 11) is 0. The Morgan fingerprint density at radius 3 is 2.71 bits per heavy atom. The van der Waals surface area contributed by atoms with Crippen LogP contribution < -0.4 is 10.1 Å². The predicted octanol–water partition coefficient (Wildman–Crippen LogP) is 2.48. The molecule has 0 saturated heterocycles. The number of rotatable bonds is 6. The average molecular weight is 341 g/mol. The van der Waals surface area contributed by atoms with E-state index in [9.17, 15) is 22.8 Å². The van der Waals surface area contributed by atoms with Crippen molar-refractivity contribution in [1.29, 1.82) is 0 Å². The zero-order valence-corrected chi connectivity index (χ0v) is 12.6. The van der Waals surface area contributed by atoms with E-state index in [0.717, 1.165) is 0 Å². The third-order valence-corrected chi connectivity index (χ3v) is 2.95. The molecular weight excluding hydrogens is 327 g/mol. The minimum absolute atomic E-state index is 0.0148. The smallest absolute Gasteiger partial charge is 0.405 e. The third-order valence-electron chi connectivity index (χ3n) is 2.95. The molecular formula is C15H14F3N3O3. The summed E-state index contributed by atoms with van der Waals surface area (Å²) in [6.45, 7) is 0.0170. The fourth-order valence-corrected chi connectivity index (χ4v) is 1.79. The number of hydrogen-bond acceptors (Lipinski definition) is 4. The van der Waals surface area contributed by atoms with Crippen molar-refractivity contribution in [2.75, 3.05) is 6.54 Å². The Hall–Kier alpha value is -2.84. The van der Waals surface area contributed by atoms with Gasteiger partial charge >= 0.3 is 6.18 Å². The maximum Gasteiger partial charge on any atom is 0.405 e. The van der Waals surface area contributed by atoms with E-state index < -0.39 is 18.6 Å². The lowest BCUT2D eigenvalue weighted by molar-refractivity contribution is -0.123. The molecule has 0 atom stereocenters. The lowest BCUT2D eigenvalue weighted by Gasteiger charge is -2.06. The highest BCUT2D eigenvalue weighted by molar-refractivity contribution is 5.94. The van der Waals surface area contributed by atoms with Crippen molar-refractivity contribution in [3.63, 3.8) is 0 Å². The van der Waals surface area contributed by atoms with E-state index in [4.69, 9.17) is 4.74 Å². The van der Waals surface area contributed by atoms with Gasteiger partial charge in [0.15, 0.2) is 5.78 Å². The Bertz CT molecular complexity index is 741. The summed E-state index contributed by atoms with van der Waals surface area (Å²) < 4.78 is 41.6. The van der Waals surface area contributed by atoms with E-state index in [1.165, 1.54) is 13.0 Å². The fourth-order valence-electron chi connectivity index (χ4n) is 1.79. The molecule has 1 amide bonds. The summed E-state index contributed by atoms with van der Waals surface area (Å²) in [5.41, 5.74) is 0.722. The zero-order chi connectivity index (χ0) is 17.7. The standard InChI is InChI=1S/C15H14F3N3O3/c1-9(22)10-3-2-4-12(5-10)24-7-11-6-13(21-20-11)14(23)19-8-15(16,17)18/h2-6H,7-8H2,1H3,(H,19,23)(H,20,21). The molecule has 1 aromatic heterocycles. The number of ketones is 1. The second-order valence-corrected chi connectivity index (χ2v) is 4.95. The van der Waals surface area contributed by atoms with Crippen LogP contribution in [0.2, 0.25) is 0 Å². The quantitative estimate of drug-likeness (QED) is 0.791. The van der Waals surface area contributed by atoms with Crippen molar-refractivity contribution in [3.05, 3.63) is 47.3 Å². The molecule has 0 spiro atoms. The van der Waals surface area contributed by atoms with Crippen LogP contribution in [0.4, 0.5) is 13.2 Å². The van der Waals surface area contributed by atoms with Gasteiger partial charge in [0, 0.05) is 5.56 Å². The topological polar surface area (TPSA) is 84.1 Å². The summed E-state index contributed by atoms with van der Waals surface area (Å²) in [5.74, 6) is -0.598. The van der Waals surface area contributed by atoms with Crippen molar-refractivity contribution in [1.82, 2.24) is 15.5 Å². The maximum absolute atomic E-state index is 12.0. The number of ether oxygens (including phenoxy) is 1. The molecule has 0 radical (unpaired) electrons. The fraction of sp³-hybridized carbons (Fsp3) is 0.267. The molecule has 2 N–H and O–H groups in total. The summed E-state index contributed by atoms with van der Waals surface area (Å²) in [4.78, 5) is 22.8. The van der Waals surface area contributed by atoms with Crippen LogP contribution in [0.1, 0.15) is 33.5 Å². The number of halogens is 3. The molecule has 2 rings (SSSR count). The Kier molecular flexibility index (Phi) is 5.22. The van der Waals surface area contributed by atoms with Gasteiger partial charge in [-0.1, -0.05) is 12.1 Å². The first kappa shape index (κ1) is 17.5. The second-order valence-electron chi connectivity index (χ2n) is 4.95. The largest absolute Gasteiger partial charge is 0.487 e. The zero-order valence-electron chi connectivity index (χ0n) is 12.6. The van der Waals surface area contributed by atoms with Crippen LogP contribution in [-0.4, -0.2) is 34.6 Å². The van der Waals surface area contributed by atoms with Crippen LogP contribution in [0.25, 0.3) is 0 Å². The second kappa shape index (κ2) is 7.16. The van der Waals surface area contributed by atoms with Crippen molar-refractivity contribution in [3.8, 4) is 5.75 Å². The Morgan fingerprint density at radius 1 is 1.29 bits per heavy atom. The SMILES string of the molecule is CC(=O)c1cccc(OCc2cc(C(=O)NCC(F)(F)F)n[nH]2)c1. The molecule has 0 aliphatic carbocycles. The molecule has 0 saturated carbocycles. The van der Waals surface area contributed by atoms with E-state index >= 15 is 0 Å². The van der Waals surface area contributed by atoms with Crippen LogP contribution in [0.15, 0.2) is 30.3 Å². The Labute approximate surface area is 135 Å². The molecule has 0 aliphatic rings. The first-order valence-electron chi connectivity index (χ1n) is 6.87. The van der Waals surface area contributed by atoms with Crippen LogP contribution >= 0.6 is 0 Å². The monoisotopic (exact) mass is 341 g/mol. The highest BCUT2D eigenvalue weighted by atomic mass is 19.4. The van der Waals surface area contributed by atoms with Crippen molar-refractivity contribution in [2.45, 2.75) is 19.7 Å². The minimum atomic E-state index is -4.49. The number of benzene rings is 1. The van der Waals surface area contributed by atoms with Gasteiger partial charge in [-0.3, -0.25) is 14.7 Å². The lowest BCUT2D eigenvalue weighted by Crippen LogP contribution is -2.33. The van der Waals surface area contributed by atoms with Gasteiger partial charge < -0.3 is 10.1 Å². The number of amides is 1. The first-order chi connectivity index (χ1) is 11.2. The van der Waals surface area contributed by atoms with Gasteiger partial charge in [-0.25, -0.2) is 0 Å². The van der Waals surface area contributed by atoms with E-state index in [2.05, 4.69) is 10.2 Å². The Balaban J connectivity index is 1.93. The normalized spacial score (nSPS) is 11.2. The molecule has 0 bridgehead atoms. The number of hydrogen-bond donors (Lipinski definition) is 2. The number of aromatic amines is 1. The highest BCUT2D eigenvalue weighted by Gasteiger charge is 2.28. The van der Waals surface area contributed by atoms with Crippen LogP contribution in [0, 0.1) is 0 Å². The molecule has 0 aliphatic heterocycles. The van der Waals surface area contributed by atoms with Crippen LogP contribution in [0.5, 0.6) is 5.75 Å². The number of Topliss-reactive ketones (excluding diaryl/α,β-unsaturated/α-hetero) is 1. The molecule has 128 valence electrons. The summed E-state index contributed by atoms with van der Waals surface area (Å²) in [6.07, 6.45) is -4.49. The van der Waals surface area contributed by atoms with Crippen LogP contribution in [0.3, 0.4) is 0 Å². The Morgan fingerprint density at radius 2 is 2.04 bits per heavy atom. The van der Waals surface area contributed by atoms with Gasteiger partial charge in [-0.15, -0.1) is 0 Å². The molecule has 9 heteroatoms. The number of nitrogens with one attached hydrogen (secondary N) is 2. The average Bonchev–Trinajstić information content (AvgIpc) is 2.99. The van der Waals surface area contributed by atoms with E-state index in [1.807, 2.05) is 0 Å². The molecule has 0 fully saturated rings. The van der Waals surface area contributed by atoms with Gasteiger partial charge in [-0.2, -0.15) is 18.3 Å². The van der Waals surface area contributed by atoms with Gasteiger partial charge in [-0.05, 0) is 25.1 Å². The van der Waals surface area contributed by atoms with Crippen LogP contribution in [-0.2, 0) is 6.61 Å². The summed E-state index contributed by atoms with van der Waals surface area (Å²) in [6, 6.07) is 7.82. The molecule has 24 heavy (non-hydrogen) atoms. The van der Waals surface area contributed by atoms with Crippen molar-refractivity contribution >= 4 is 11.7 Å². The molecule has 2 aromatic rings. The molecule has 6 nitrogen and oxygen atoms in total. The maximum atomic E-state index is 12.0. The number of alkyl halides is 3. The number of H-pyrrole nitrogens is 1. The highest BCUT2D eigenvalue weighted by Crippen LogP contribution is 2.16. The lowest BCUT2D eigenvalue weighted by atomic mass is 10.1. The van der Waals surface area contributed by atoms with E-state index in [-0.39, 0.29) is 18.1 Å². The number of nitrogens with zero attached hydrogens (tertiary/aromatic N) is 1. The number of aromatic nitrogens is 2. The molecule has 1 heterocycles. The predicted molar refractivity (Wildman–Crippen MR) is 77.8 cm³/mol. The molecule has 1 aromatic carbocycles. The van der Waals surface area contributed by atoms with Crippen molar-refractivity contribution < 1.29 is 27.5 Å². The van der Waals surface area contributed by atoms with E-state index in [0.29, 0.717) is 17.0 Å². The number of carbonyl (C=O) groups is 2. The number of carbonyl (C=O) groups excluding carboxylic acids is 2. The molecule has 0 unspecified atom stereocenters. The van der Waals surface area contributed by atoms with Crippen molar-refractivity contribution in [2.24, 2.45) is 0 Å². The summed E-state index contributed by atoms with van der Waals surface area (Å²) >= 11 is 0. The van der Waals surface area contributed by atoms with Gasteiger partial charge in [0.1, 0.15) is 24.6 Å². The van der Waals surface area contributed by atoms with Gasteiger partial charge in [0.25, 0.3) is 5.91 Å².